The minimum atomic E-state index is -0.124. The summed E-state index contributed by atoms with van der Waals surface area (Å²) in [4.78, 5) is 15.2. The van der Waals surface area contributed by atoms with E-state index in [-0.39, 0.29) is 11.9 Å². The Morgan fingerprint density at radius 2 is 1.79 bits per heavy atom. The van der Waals surface area contributed by atoms with Gasteiger partial charge in [0.2, 0.25) is 0 Å². The summed E-state index contributed by atoms with van der Waals surface area (Å²) >= 11 is 12.7. The lowest BCUT2D eigenvalue weighted by atomic mass is 10.1. The molecule has 0 saturated carbocycles. The first kappa shape index (κ1) is 19.0. The summed E-state index contributed by atoms with van der Waals surface area (Å²) in [5.41, 5.74) is 1.97. The maximum atomic E-state index is 12.9. The molecule has 0 N–H and O–H groups in total. The molecule has 1 aromatic heterocycles. The lowest BCUT2D eigenvalue weighted by molar-refractivity contribution is -0.123. The molecule has 0 spiro atoms. The monoisotopic (exact) mass is 425 g/mol. The van der Waals surface area contributed by atoms with E-state index in [9.17, 15) is 4.79 Å². The Hall–Kier alpha value is -2.34. The predicted molar refractivity (Wildman–Crippen MR) is 119 cm³/mol. The standard InChI is InChI=1S/C22H16ClNO2S2/c1-14(15-5-3-2-4-6-15)24-21(25)20(28-22(24)27)13-18-11-12-19(26-18)16-7-9-17(23)10-8-16/h2-14H,1H3/b20-13+/t14-/m1/s1. The summed E-state index contributed by atoms with van der Waals surface area (Å²) in [5.74, 6) is 1.23. The number of carbonyl (C=O) groups excluding carboxylic acids is 1. The van der Waals surface area contributed by atoms with Gasteiger partial charge in [0.25, 0.3) is 5.91 Å². The number of halogens is 1. The fourth-order valence-electron chi connectivity index (χ4n) is 3.02. The first-order valence-electron chi connectivity index (χ1n) is 8.71. The van der Waals surface area contributed by atoms with Gasteiger partial charge in [-0.3, -0.25) is 9.69 Å². The molecule has 1 atom stereocenters. The van der Waals surface area contributed by atoms with Crippen LogP contribution < -0.4 is 0 Å². The second-order valence-corrected chi connectivity index (χ2v) is 8.46. The molecule has 1 fully saturated rings. The van der Waals surface area contributed by atoms with Crippen LogP contribution in [0.5, 0.6) is 0 Å². The van der Waals surface area contributed by atoms with E-state index in [4.69, 9.17) is 28.2 Å². The number of carbonyl (C=O) groups is 1. The highest BCUT2D eigenvalue weighted by Gasteiger charge is 2.36. The number of furan rings is 1. The molecule has 2 heterocycles. The average Bonchev–Trinajstić information content (AvgIpc) is 3.27. The second kappa shape index (κ2) is 7.95. The third-order valence-electron chi connectivity index (χ3n) is 4.52. The Balaban J connectivity index is 1.57. The van der Waals surface area contributed by atoms with E-state index in [1.165, 1.54) is 11.8 Å². The van der Waals surface area contributed by atoms with Crippen molar-refractivity contribution in [2.45, 2.75) is 13.0 Å². The van der Waals surface area contributed by atoms with Gasteiger partial charge < -0.3 is 4.42 Å². The van der Waals surface area contributed by atoms with Crippen molar-refractivity contribution in [2.75, 3.05) is 0 Å². The highest BCUT2D eigenvalue weighted by atomic mass is 35.5. The van der Waals surface area contributed by atoms with E-state index < -0.39 is 0 Å². The third-order valence-corrected chi connectivity index (χ3v) is 6.10. The number of hydrogen-bond acceptors (Lipinski definition) is 4. The van der Waals surface area contributed by atoms with E-state index in [0.29, 0.717) is 20.0 Å². The fourth-order valence-corrected chi connectivity index (χ4v) is 4.55. The van der Waals surface area contributed by atoms with Gasteiger partial charge in [0.1, 0.15) is 15.8 Å². The van der Waals surface area contributed by atoms with Crippen LogP contribution in [0.3, 0.4) is 0 Å². The van der Waals surface area contributed by atoms with E-state index in [2.05, 4.69) is 0 Å². The van der Waals surface area contributed by atoms with Crippen molar-refractivity contribution in [2.24, 2.45) is 0 Å². The van der Waals surface area contributed by atoms with Crippen molar-refractivity contribution >= 4 is 51.9 Å². The molecule has 3 nitrogen and oxygen atoms in total. The molecule has 1 aliphatic heterocycles. The third kappa shape index (κ3) is 3.78. The molecule has 28 heavy (non-hydrogen) atoms. The van der Waals surface area contributed by atoms with Gasteiger partial charge in [-0.2, -0.15) is 0 Å². The summed E-state index contributed by atoms with van der Waals surface area (Å²) in [6.07, 6.45) is 1.75. The SMILES string of the molecule is C[C@H](c1ccccc1)N1C(=O)/C(=C\c2ccc(-c3ccc(Cl)cc3)o2)SC1=S. The van der Waals surface area contributed by atoms with Crippen LogP contribution in [0.25, 0.3) is 17.4 Å². The fraction of sp³-hybridized carbons (Fsp3) is 0.0909. The lowest BCUT2D eigenvalue weighted by Gasteiger charge is -2.23. The minimum Gasteiger partial charge on any atom is -0.457 e. The molecule has 0 bridgehead atoms. The normalized spacial score (nSPS) is 16.8. The van der Waals surface area contributed by atoms with Gasteiger partial charge in [0.15, 0.2) is 0 Å². The van der Waals surface area contributed by atoms with Crippen molar-refractivity contribution in [3.05, 3.63) is 88.0 Å². The Labute approximate surface area is 178 Å². The van der Waals surface area contributed by atoms with Gasteiger partial charge in [-0.25, -0.2) is 0 Å². The lowest BCUT2D eigenvalue weighted by Crippen LogP contribution is -2.30. The zero-order valence-electron chi connectivity index (χ0n) is 15.0. The van der Waals surface area contributed by atoms with Gasteiger partial charge in [-0.15, -0.1) is 0 Å². The van der Waals surface area contributed by atoms with Crippen LogP contribution in [0.1, 0.15) is 24.3 Å². The van der Waals surface area contributed by atoms with Crippen LogP contribution >= 0.6 is 35.6 Å². The van der Waals surface area contributed by atoms with Crippen molar-refractivity contribution in [3.8, 4) is 11.3 Å². The van der Waals surface area contributed by atoms with E-state index in [1.807, 2.05) is 73.7 Å². The van der Waals surface area contributed by atoms with Gasteiger partial charge in [-0.1, -0.05) is 65.9 Å². The van der Waals surface area contributed by atoms with E-state index in [1.54, 1.807) is 11.0 Å². The molecule has 4 rings (SSSR count). The number of thioether (sulfide) groups is 1. The number of nitrogens with zero attached hydrogens (tertiary/aromatic N) is 1. The number of benzene rings is 2. The maximum Gasteiger partial charge on any atom is 0.266 e. The molecule has 2 aromatic carbocycles. The zero-order chi connectivity index (χ0) is 19.7. The number of amides is 1. The Kier molecular flexibility index (Phi) is 5.40. The number of hydrogen-bond donors (Lipinski definition) is 0. The van der Waals surface area contributed by atoms with Crippen LogP contribution in [-0.2, 0) is 4.79 Å². The molecule has 1 saturated heterocycles. The molecule has 3 aromatic rings. The van der Waals surface area contributed by atoms with Crippen molar-refractivity contribution in [3.63, 3.8) is 0 Å². The van der Waals surface area contributed by atoms with E-state index in [0.717, 1.165) is 16.9 Å². The van der Waals surface area contributed by atoms with Crippen LogP contribution in [0.4, 0.5) is 0 Å². The first-order chi connectivity index (χ1) is 13.5. The first-order valence-corrected chi connectivity index (χ1v) is 10.3. The number of rotatable bonds is 4. The highest BCUT2D eigenvalue weighted by Crippen LogP contribution is 2.38. The molecular formula is C22H16ClNO2S2. The summed E-state index contributed by atoms with van der Waals surface area (Å²) in [7, 11) is 0. The summed E-state index contributed by atoms with van der Waals surface area (Å²) < 4.78 is 6.44. The molecule has 1 amide bonds. The molecule has 0 aliphatic carbocycles. The number of thiocarbonyl (C=S) groups is 1. The van der Waals surface area contributed by atoms with Gasteiger partial charge in [-0.05, 0) is 48.9 Å². The molecular weight excluding hydrogens is 410 g/mol. The van der Waals surface area contributed by atoms with Crippen LogP contribution in [0.15, 0.2) is 76.1 Å². The molecule has 0 unspecified atom stereocenters. The summed E-state index contributed by atoms with van der Waals surface area (Å²) in [5, 5.41) is 0.673. The largest absolute Gasteiger partial charge is 0.457 e. The summed E-state index contributed by atoms with van der Waals surface area (Å²) in [6.45, 7) is 1.98. The van der Waals surface area contributed by atoms with Crippen LogP contribution in [-0.4, -0.2) is 15.1 Å². The zero-order valence-corrected chi connectivity index (χ0v) is 17.4. The predicted octanol–water partition coefficient (Wildman–Crippen LogP) is 6.56. The molecule has 1 aliphatic rings. The molecule has 0 radical (unpaired) electrons. The van der Waals surface area contributed by atoms with Crippen molar-refractivity contribution in [1.82, 2.24) is 4.90 Å². The van der Waals surface area contributed by atoms with Gasteiger partial charge in [0, 0.05) is 16.7 Å². The topological polar surface area (TPSA) is 33.5 Å². The van der Waals surface area contributed by atoms with E-state index >= 15 is 0 Å². The van der Waals surface area contributed by atoms with Crippen molar-refractivity contribution < 1.29 is 9.21 Å². The molecule has 6 heteroatoms. The summed E-state index contributed by atoms with van der Waals surface area (Å²) in [6, 6.07) is 20.9. The maximum absolute atomic E-state index is 12.9. The smallest absolute Gasteiger partial charge is 0.266 e. The Morgan fingerprint density at radius 1 is 1.07 bits per heavy atom. The van der Waals surface area contributed by atoms with Crippen LogP contribution in [0.2, 0.25) is 5.02 Å². The Morgan fingerprint density at radius 3 is 2.50 bits per heavy atom. The average molecular weight is 426 g/mol. The quantitative estimate of drug-likeness (QED) is 0.350. The minimum absolute atomic E-state index is 0.101. The second-order valence-electron chi connectivity index (χ2n) is 6.35. The Bertz CT molecular complexity index is 1060. The van der Waals surface area contributed by atoms with Gasteiger partial charge in [0.05, 0.1) is 10.9 Å². The van der Waals surface area contributed by atoms with Gasteiger partial charge >= 0.3 is 0 Å². The highest BCUT2D eigenvalue weighted by molar-refractivity contribution is 8.26. The molecule has 140 valence electrons. The van der Waals surface area contributed by atoms with Crippen LogP contribution in [0, 0.1) is 0 Å². The van der Waals surface area contributed by atoms with Crippen molar-refractivity contribution in [1.29, 1.82) is 0 Å².